The molecule has 2 saturated carbocycles. The molecule has 10 nitrogen and oxygen atoms in total. The summed E-state index contributed by atoms with van der Waals surface area (Å²) in [6.07, 6.45) is 12.5. The second-order valence-electron chi connectivity index (χ2n) is 15.2. The van der Waals surface area contributed by atoms with E-state index >= 15 is 0 Å². The van der Waals surface area contributed by atoms with Crippen molar-refractivity contribution in [3.8, 4) is 26.0 Å². The molecule has 2 aromatic carbocycles. The van der Waals surface area contributed by atoms with Gasteiger partial charge in [0.05, 0.1) is 17.0 Å². The third-order valence-electron chi connectivity index (χ3n) is 10.8. The molecule has 0 saturated heterocycles. The fraction of sp³-hybridized carbons (Fsp3) is 0.467. The number of ether oxygens (including phenoxy) is 5. The van der Waals surface area contributed by atoms with E-state index in [0.29, 0.717) is 44.3 Å². The van der Waals surface area contributed by atoms with Crippen LogP contribution in [0.3, 0.4) is 0 Å². The van der Waals surface area contributed by atoms with Crippen LogP contribution in [0.2, 0.25) is 0 Å². The van der Waals surface area contributed by atoms with E-state index in [0.717, 1.165) is 57.8 Å². The van der Waals surface area contributed by atoms with E-state index in [4.69, 9.17) is 23.7 Å². The molecule has 2 aromatic heterocycles. The number of carbonyl (C=O) groups excluding carboxylic acids is 4. The molecule has 5 unspecified atom stereocenters. The van der Waals surface area contributed by atoms with E-state index < -0.39 is 17.8 Å². The number of unbranched alkanes of at least 4 members (excludes halogenated alkanes) is 1. The van der Waals surface area contributed by atoms with Gasteiger partial charge in [0.2, 0.25) is 0 Å². The van der Waals surface area contributed by atoms with E-state index in [-0.39, 0.29) is 46.5 Å². The Kier molecular flexibility index (Phi) is 14.8. The van der Waals surface area contributed by atoms with Crippen molar-refractivity contribution in [2.45, 2.75) is 117 Å². The second kappa shape index (κ2) is 20.1. The number of anilines is 1. The van der Waals surface area contributed by atoms with E-state index in [1.54, 1.807) is 48.5 Å². The molecule has 2 heterocycles. The van der Waals surface area contributed by atoms with Crippen LogP contribution in [0.15, 0.2) is 66.7 Å². The van der Waals surface area contributed by atoms with Gasteiger partial charge >= 0.3 is 17.9 Å². The van der Waals surface area contributed by atoms with Crippen molar-refractivity contribution in [2.24, 2.45) is 17.8 Å². The summed E-state index contributed by atoms with van der Waals surface area (Å²) in [5.41, 5.74) is 0.533. The second-order valence-corrected chi connectivity index (χ2v) is 17.2. The molecule has 1 N–H and O–H groups in total. The first-order valence-electron chi connectivity index (χ1n) is 20.3. The average Bonchev–Trinajstić information content (AvgIpc) is 3.85. The van der Waals surface area contributed by atoms with Crippen molar-refractivity contribution >= 4 is 52.2 Å². The molecule has 5 atom stereocenters. The van der Waals surface area contributed by atoms with Gasteiger partial charge in [-0.25, -0.2) is 9.59 Å². The number of rotatable bonds is 16. The van der Waals surface area contributed by atoms with Crippen LogP contribution in [0, 0.1) is 17.8 Å². The van der Waals surface area contributed by atoms with E-state index in [1.165, 1.54) is 53.7 Å². The van der Waals surface area contributed by atoms with Gasteiger partial charge < -0.3 is 29.0 Å². The minimum Gasteiger partial charge on any atom is -0.480 e. The van der Waals surface area contributed by atoms with Crippen molar-refractivity contribution in [2.75, 3.05) is 5.32 Å². The Bertz CT molecular complexity index is 1890. The van der Waals surface area contributed by atoms with Crippen LogP contribution in [-0.2, 0) is 4.79 Å². The van der Waals surface area contributed by atoms with E-state index in [9.17, 15) is 19.2 Å². The van der Waals surface area contributed by atoms with Gasteiger partial charge in [0, 0.05) is 11.3 Å². The van der Waals surface area contributed by atoms with Crippen LogP contribution in [-0.4, -0.2) is 36.0 Å². The van der Waals surface area contributed by atoms with E-state index in [2.05, 4.69) is 26.1 Å². The summed E-state index contributed by atoms with van der Waals surface area (Å²) in [5, 5.41) is 4.81. The molecular formula is C45H53NO9S2. The highest BCUT2D eigenvalue weighted by atomic mass is 32.1. The topological polar surface area (TPSA) is 126 Å². The summed E-state index contributed by atoms with van der Waals surface area (Å²) in [5.74, 6) is -1.18. The summed E-state index contributed by atoms with van der Waals surface area (Å²) in [6, 6.07) is 17.5. The number of hydrogen-bond donors (Lipinski definition) is 1. The molecule has 2 aliphatic rings. The number of amides is 1. The molecule has 0 radical (unpaired) electrons. The number of hydrogen-bond acceptors (Lipinski definition) is 11. The van der Waals surface area contributed by atoms with Crippen LogP contribution >= 0.6 is 22.7 Å². The molecule has 4 aromatic rings. The third-order valence-corrected chi connectivity index (χ3v) is 12.5. The zero-order chi connectivity index (χ0) is 40.3. The first-order chi connectivity index (χ1) is 27.6. The average molecular weight is 816 g/mol. The normalized spacial score (nSPS) is 19.9. The van der Waals surface area contributed by atoms with Crippen LogP contribution in [0.1, 0.15) is 136 Å². The first-order valence-corrected chi connectivity index (χ1v) is 22.0. The lowest BCUT2D eigenvalue weighted by molar-refractivity contribution is -0.139. The first kappa shape index (κ1) is 41.9. The van der Waals surface area contributed by atoms with Crippen LogP contribution < -0.4 is 29.0 Å². The molecule has 0 bridgehead atoms. The predicted octanol–water partition coefficient (Wildman–Crippen LogP) is 11.5. The molecule has 2 fully saturated rings. The lowest BCUT2D eigenvalue weighted by Gasteiger charge is -2.28. The number of benzene rings is 2. The van der Waals surface area contributed by atoms with Crippen molar-refractivity contribution in [3.63, 3.8) is 0 Å². The number of carbonyl (C=O) groups is 4. The number of nitrogens with one attached hydrogen (secondary N) is 1. The maximum absolute atomic E-state index is 13.6. The summed E-state index contributed by atoms with van der Waals surface area (Å²) in [7, 11) is 0. The minimum atomic E-state index is -0.719. The van der Waals surface area contributed by atoms with Gasteiger partial charge in [-0.15, -0.1) is 0 Å². The highest BCUT2D eigenvalue weighted by Crippen LogP contribution is 2.37. The Morgan fingerprint density at radius 3 is 1.65 bits per heavy atom. The van der Waals surface area contributed by atoms with Crippen molar-refractivity contribution in [3.05, 3.63) is 83.4 Å². The molecular weight excluding hydrogens is 763 g/mol. The summed E-state index contributed by atoms with van der Waals surface area (Å²) in [4.78, 5) is 53.4. The van der Waals surface area contributed by atoms with E-state index in [1.807, 2.05) is 6.92 Å². The SMILES string of the molecule is CCCCC(CC)C(=O)Oc1ccc(C(=O)Nc2cc(C(=O)Oc3ccc(OC4CCCCC4C)s3)cc(C(=O)Oc3ccc(OC4CCCCC4C)s3)c2)cc1. The molecule has 6 rings (SSSR count). The fourth-order valence-electron chi connectivity index (χ4n) is 7.31. The molecule has 2 aliphatic carbocycles. The molecule has 57 heavy (non-hydrogen) atoms. The van der Waals surface area contributed by atoms with Gasteiger partial charge in [-0.2, -0.15) is 0 Å². The number of esters is 3. The predicted molar refractivity (Wildman–Crippen MR) is 222 cm³/mol. The zero-order valence-electron chi connectivity index (χ0n) is 33.2. The third kappa shape index (κ3) is 11.7. The zero-order valence-corrected chi connectivity index (χ0v) is 34.8. The maximum atomic E-state index is 13.6. The number of thiophene rings is 2. The molecule has 12 heteroatoms. The van der Waals surface area contributed by atoms with Gasteiger partial charge in [0.25, 0.3) is 5.91 Å². The summed E-state index contributed by atoms with van der Waals surface area (Å²) < 4.78 is 29.6. The Morgan fingerprint density at radius 1 is 0.649 bits per heavy atom. The highest BCUT2D eigenvalue weighted by molar-refractivity contribution is 7.16. The Morgan fingerprint density at radius 2 is 1.16 bits per heavy atom. The minimum absolute atomic E-state index is 0.0359. The van der Waals surface area contributed by atoms with Gasteiger partial charge in [-0.05, 0) is 130 Å². The van der Waals surface area contributed by atoms with Gasteiger partial charge in [0.1, 0.15) is 18.0 Å². The largest absolute Gasteiger partial charge is 0.480 e. The monoisotopic (exact) mass is 815 g/mol. The maximum Gasteiger partial charge on any atom is 0.344 e. The van der Waals surface area contributed by atoms with Gasteiger partial charge in [0.15, 0.2) is 20.3 Å². The highest BCUT2D eigenvalue weighted by Gasteiger charge is 2.26. The summed E-state index contributed by atoms with van der Waals surface area (Å²) >= 11 is 2.47. The quantitative estimate of drug-likeness (QED) is 0.0868. The van der Waals surface area contributed by atoms with Crippen LogP contribution in [0.5, 0.6) is 26.0 Å². The molecule has 0 spiro atoms. The molecule has 0 aliphatic heterocycles. The standard InChI is InChI=1S/C45H53NO9S2/c1-5-7-14-30(6-2)43(48)51-35-19-17-31(18-20-35)42(47)46-34-26-32(44(49)54-40-23-21-38(56-40)52-36-15-10-8-12-28(36)3)25-33(27-34)45(50)55-41-24-22-39(57-41)53-37-16-11-9-13-29(37)4/h17-30,36-37H,5-16H2,1-4H3,(H,46,47). The Balaban J connectivity index is 1.17. The Hall–Kier alpha value is -4.68. The van der Waals surface area contributed by atoms with Crippen molar-refractivity contribution < 1.29 is 42.9 Å². The fourth-order valence-corrected chi connectivity index (χ4v) is 8.83. The van der Waals surface area contributed by atoms with Crippen molar-refractivity contribution in [1.29, 1.82) is 0 Å². The van der Waals surface area contributed by atoms with Gasteiger partial charge in [-0.3, -0.25) is 9.59 Å². The summed E-state index contributed by atoms with van der Waals surface area (Å²) in [6.45, 7) is 8.44. The van der Waals surface area contributed by atoms with Crippen LogP contribution in [0.25, 0.3) is 0 Å². The van der Waals surface area contributed by atoms with Crippen LogP contribution in [0.4, 0.5) is 5.69 Å². The smallest absolute Gasteiger partial charge is 0.344 e. The lowest BCUT2D eigenvalue weighted by atomic mass is 9.88. The lowest BCUT2D eigenvalue weighted by Crippen LogP contribution is -2.27. The Labute approximate surface area is 343 Å². The molecule has 304 valence electrons. The van der Waals surface area contributed by atoms with Crippen molar-refractivity contribution in [1.82, 2.24) is 0 Å². The van der Waals surface area contributed by atoms with Gasteiger partial charge in [-0.1, -0.05) is 76.1 Å². The molecule has 1 amide bonds.